The van der Waals surface area contributed by atoms with Crippen molar-refractivity contribution in [2.75, 3.05) is 33.2 Å². The number of hydrogen-bond donors (Lipinski definition) is 1. The molecule has 0 bridgehead atoms. The fourth-order valence-electron chi connectivity index (χ4n) is 4.15. The van der Waals surface area contributed by atoms with E-state index in [9.17, 15) is 9.90 Å². The fraction of sp³-hybridized carbons (Fsp3) is 0.933. The summed E-state index contributed by atoms with van der Waals surface area (Å²) in [5.74, 6) is -0.0694. The third kappa shape index (κ3) is 3.11. The number of likely N-dealkylation sites (N-methyl/N-ethyl adjacent to an activating group) is 1. The molecule has 19 heavy (non-hydrogen) atoms. The molecule has 0 aromatic carbocycles. The number of carboxylic acid groups (broad SMARTS) is 1. The first-order valence-electron chi connectivity index (χ1n) is 7.74. The summed E-state index contributed by atoms with van der Waals surface area (Å²) >= 11 is 0. The zero-order chi connectivity index (χ0) is 13.9. The van der Waals surface area contributed by atoms with Crippen LogP contribution >= 0.6 is 0 Å². The summed E-state index contributed by atoms with van der Waals surface area (Å²) in [6.45, 7) is 6.42. The molecule has 2 atom stereocenters. The topological polar surface area (TPSA) is 43.8 Å². The van der Waals surface area contributed by atoms with E-state index in [4.69, 9.17) is 0 Å². The number of rotatable bonds is 4. The van der Waals surface area contributed by atoms with Crippen LogP contribution < -0.4 is 0 Å². The first-order valence-corrected chi connectivity index (χ1v) is 7.74. The van der Waals surface area contributed by atoms with E-state index in [1.54, 1.807) is 0 Å². The Bertz CT molecular complexity index is 313. The van der Waals surface area contributed by atoms with Crippen molar-refractivity contribution in [1.29, 1.82) is 0 Å². The largest absolute Gasteiger partial charge is 0.481 e. The van der Waals surface area contributed by atoms with Gasteiger partial charge in [0, 0.05) is 31.7 Å². The van der Waals surface area contributed by atoms with Crippen LogP contribution in [0.2, 0.25) is 0 Å². The molecule has 2 aliphatic rings. The lowest BCUT2D eigenvalue weighted by atomic mass is 9.68. The molecule has 2 unspecified atom stereocenters. The molecule has 1 aliphatic heterocycles. The summed E-state index contributed by atoms with van der Waals surface area (Å²) in [5, 5.41) is 9.39. The molecule has 1 saturated carbocycles. The third-order valence-corrected chi connectivity index (χ3v) is 5.26. The van der Waals surface area contributed by atoms with E-state index >= 15 is 0 Å². The van der Waals surface area contributed by atoms with Gasteiger partial charge in [0.1, 0.15) is 0 Å². The van der Waals surface area contributed by atoms with Gasteiger partial charge in [-0.25, -0.2) is 0 Å². The maximum absolute atomic E-state index is 11.4. The third-order valence-electron chi connectivity index (χ3n) is 5.26. The van der Waals surface area contributed by atoms with E-state index < -0.39 is 5.97 Å². The normalized spacial score (nSPS) is 34.3. The molecule has 4 nitrogen and oxygen atoms in total. The van der Waals surface area contributed by atoms with Crippen LogP contribution in [0, 0.1) is 5.92 Å². The van der Waals surface area contributed by atoms with Crippen LogP contribution in [0.5, 0.6) is 0 Å². The van der Waals surface area contributed by atoms with Crippen LogP contribution in [0.25, 0.3) is 0 Å². The van der Waals surface area contributed by atoms with E-state index in [1.807, 2.05) is 0 Å². The summed E-state index contributed by atoms with van der Waals surface area (Å²) in [4.78, 5) is 16.3. The Morgan fingerprint density at radius 2 is 1.95 bits per heavy atom. The molecular formula is C15H28N2O2. The second-order valence-electron chi connectivity index (χ2n) is 6.32. The average Bonchev–Trinajstić information content (AvgIpc) is 2.39. The summed E-state index contributed by atoms with van der Waals surface area (Å²) < 4.78 is 0. The zero-order valence-corrected chi connectivity index (χ0v) is 12.4. The van der Waals surface area contributed by atoms with Crippen molar-refractivity contribution < 1.29 is 9.90 Å². The van der Waals surface area contributed by atoms with Crippen molar-refractivity contribution in [2.45, 2.75) is 51.0 Å². The van der Waals surface area contributed by atoms with E-state index in [-0.39, 0.29) is 5.54 Å². The first-order chi connectivity index (χ1) is 9.08. The highest BCUT2D eigenvalue weighted by Gasteiger charge is 2.46. The van der Waals surface area contributed by atoms with Gasteiger partial charge < -0.3 is 10.0 Å². The van der Waals surface area contributed by atoms with Gasteiger partial charge in [0.15, 0.2) is 0 Å². The number of carboxylic acids is 1. The highest BCUT2D eigenvalue weighted by atomic mass is 16.4. The highest BCUT2D eigenvalue weighted by Crippen LogP contribution is 2.43. The number of aliphatic carboxylic acids is 1. The Labute approximate surface area is 116 Å². The molecule has 0 amide bonds. The average molecular weight is 268 g/mol. The number of nitrogens with zero attached hydrogens (tertiary/aromatic N) is 2. The first kappa shape index (κ1) is 14.8. The minimum Gasteiger partial charge on any atom is -0.481 e. The summed E-state index contributed by atoms with van der Waals surface area (Å²) in [6.07, 6.45) is 6.18. The van der Waals surface area contributed by atoms with E-state index in [0.717, 1.165) is 39.0 Å². The summed E-state index contributed by atoms with van der Waals surface area (Å²) in [5.41, 5.74) is -0.0694. The Balaban J connectivity index is 2.19. The SMILES string of the molecule is CCC1CCCCC1(CC(=O)O)N1CCN(C)CC1. The molecule has 1 N–H and O–H groups in total. The van der Waals surface area contributed by atoms with Crippen molar-refractivity contribution in [3.05, 3.63) is 0 Å². The lowest BCUT2D eigenvalue weighted by Crippen LogP contribution is -2.61. The molecule has 110 valence electrons. The van der Waals surface area contributed by atoms with Crippen molar-refractivity contribution in [3.63, 3.8) is 0 Å². The maximum Gasteiger partial charge on any atom is 0.305 e. The Hall–Kier alpha value is -0.610. The molecule has 1 saturated heterocycles. The van der Waals surface area contributed by atoms with E-state index in [2.05, 4.69) is 23.8 Å². The molecule has 1 heterocycles. The Kier molecular flexibility index (Phi) is 4.85. The van der Waals surface area contributed by atoms with Gasteiger partial charge >= 0.3 is 5.97 Å². The van der Waals surface area contributed by atoms with Gasteiger partial charge in [0.25, 0.3) is 0 Å². The van der Waals surface area contributed by atoms with Crippen LogP contribution in [0.1, 0.15) is 45.4 Å². The van der Waals surface area contributed by atoms with Crippen LogP contribution in [0.4, 0.5) is 0 Å². The van der Waals surface area contributed by atoms with Crippen LogP contribution in [-0.2, 0) is 4.79 Å². The highest BCUT2D eigenvalue weighted by molar-refractivity contribution is 5.68. The van der Waals surface area contributed by atoms with Crippen molar-refractivity contribution in [3.8, 4) is 0 Å². The number of piperazine rings is 1. The van der Waals surface area contributed by atoms with Gasteiger partial charge in [-0.1, -0.05) is 26.2 Å². The number of hydrogen-bond acceptors (Lipinski definition) is 3. The van der Waals surface area contributed by atoms with Gasteiger partial charge in [0.05, 0.1) is 6.42 Å². The molecule has 2 rings (SSSR count). The molecule has 2 fully saturated rings. The van der Waals surface area contributed by atoms with Gasteiger partial charge in [-0.2, -0.15) is 0 Å². The second-order valence-corrected chi connectivity index (χ2v) is 6.32. The molecule has 0 aromatic heterocycles. The van der Waals surface area contributed by atoms with Crippen molar-refractivity contribution >= 4 is 5.97 Å². The van der Waals surface area contributed by atoms with E-state index in [0.29, 0.717) is 12.3 Å². The summed E-state index contributed by atoms with van der Waals surface area (Å²) in [7, 11) is 2.15. The van der Waals surface area contributed by atoms with E-state index in [1.165, 1.54) is 19.3 Å². The molecule has 0 radical (unpaired) electrons. The van der Waals surface area contributed by atoms with Crippen molar-refractivity contribution in [2.24, 2.45) is 5.92 Å². The Morgan fingerprint density at radius 3 is 2.53 bits per heavy atom. The minimum atomic E-state index is -0.626. The lowest BCUT2D eigenvalue weighted by Gasteiger charge is -2.53. The Morgan fingerprint density at radius 1 is 1.26 bits per heavy atom. The van der Waals surface area contributed by atoms with Crippen molar-refractivity contribution in [1.82, 2.24) is 9.80 Å². The predicted octanol–water partition coefficient (Wildman–Crippen LogP) is 2.05. The van der Waals surface area contributed by atoms with Crippen LogP contribution in [-0.4, -0.2) is 59.6 Å². The monoisotopic (exact) mass is 268 g/mol. The van der Waals surface area contributed by atoms with Gasteiger partial charge in [-0.3, -0.25) is 9.69 Å². The molecule has 0 aromatic rings. The maximum atomic E-state index is 11.4. The smallest absolute Gasteiger partial charge is 0.305 e. The standard InChI is InChI=1S/C15H28N2O2/c1-3-13-6-4-5-7-15(13,12-14(18)19)17-10-8-16(2)9-11-17/h13H,3-12H2,1-2H3,(H,18,19). The summed E-state index contributed by atoms with van der Waals surface area (Å²) in [6, 6.07) is 0. The number of carbonyl (C=O) groups is 1. The van der Waals surface area contributed by atoms with Gasteiger partial charge in [-0.15, -0.1) is 0 Å². The molecule has 1 aliphatic carbocycles. The van der Waals surface area contributed by atoms with Gasteiger partial charge in [-0.05, 0) is 25.8 Å². The molecule has 0 spiro atoms. The quantitative estimate of drug-likeness (QED) is 0.847. The molecule has 4 heteroatoms. The fourth-order valence-corrected chi connectivity index (χ4v) is 4.15. The lowest BCUT2D eigenvalue weighted by molar-refractivity contribution is -0.144. The van der Waals surface area contributed by atoms with Crippen LogP contribution in [0.3, 0.4) is 0 Å². The molecular weight excluding hydrogens is 240 g/mol. The zero-order valence-electron chi connectivity index (χ0n) is 12.4. The van der Waals surface area contributed by atoms with Crippen LogP contribution in [0.15, 0.2) is 0 Å². The predicted molar refractivity (Wildman–Crippen MR) is 76.3 cm³/mol. The minimum absolute atomic E-state index is 0.0694. The van der Waals surface area contributed by atoms with Gasteiger partial charge in [0.2, 0.25) is 0 Å². The second kappa shape index (κ2) is 6.23.